The van der Waals surface area contributed by atoms with E-state index in [0.29, 0.717) is 16.3 Å². The van der Waals surface area contributed by atoms with Crippen LogP contribution in [0.5, 0.6) is 0 Å². The molecular formula is C22H35ClN4O. The fourth-order valence-corrected chi connectivity index (χ4v) is 5.27. The summed E-state index contributed by atoms with van der Waals surface area (Å²) in [4.78, 5) is 21.0. The molecule has 28 heavy (non-hydrogen) atoms. The Labute approximate surface area is 174 Å². The molecule has 0 bridgehead atoms. The van der Waals surface area contributed by atoms with E-state index in [1.54, 1.807) is 13.1 Å². The largest absolute Gasteiger partial charge is 0.366 e. The minimum absolute atomic E-state index is 0.208. The van der Waals surface area contributed by atoms with Crippen LogP contribution in [0.25, 0.3) is 0 Å². The van der Waals surface area contributed by atoms with Crippen LogP contribution in [0.4, 0.5) is 5.69 Å². The standard InChI is InChI=1S/C22H35ClN4O/c1-5-22(3,6-2)16-7-8-17(15-16)26-11-13-27(14-12-26)19-10-9-18(21(28)24-4)25-20(19)23/h9-10,16-17H,5-8,11-15H2,1-4H3,(H,24,28). The van der Waals surface area contributed by atoms with E-state index in [4.69, 9.17) is 11.6 Å². The lowest BCUT2D eigenvalue weighted by atomic mass is 9.72. The maximum Gasteiger partial charge on any atom is 0.269 e. The van der Waals surface area contributed by atoms with E-state index in [0.717, 1.165) is 43.8 Å². The van der Waals surface area contributed by atoms with Crippen molar-refractivity contribution < 1.29 is 4.79 Å². The smallest absolute Gasteiger partial charge is 0.269 e. The van der Waals surface area contributed by atoms with Crippen molar-refractivity contribution in [3.63, 3.8) is 0 Å². The third-order valence-electron chi connectivity index (χ3n) is 7.47. The fraction of sp³-hybridized carbons (Fsp3) is 0.727. The summed E-state index contributed by atoms with van der Waals surface area (Å²) in [7, 11) is 1.60. The van der Waals surface area contributed by atoms with E-state index in [1.807, 2.05) is 6.07 Å². The number of anilines is 1. The van der Waals surface area contributed by atoms with E-state index in [2.05, 4.69) is 40.9 Å². The molecule has 1 aliphatic heterocycles. The number of hydrogen-bond donors (Lipinski definition) is 1. The van der Waals surface area contributed by atoms with Gasteiger partial charge in [0.25, 0.3) is 5.91 Å². The van der Waals surface area contributed by atoms with Crippen LogP contribution in [0.1, 0.15) is 63.4 Å². The van der Waals surface area contributed by atoms with Gasteiger partial charge in [0.2, 0.25) is 0 Å². The quantitative estimate of drug-likeness (QED) is 0.719. The molecule has 5 nitrogen and oxygen atoms in total. The van der Waals surface area contributed by atoms with Crippen LogP contribution in [-0.4, -0.2) is 55.1 Å². The first kappa shape index (κ1) is 21.4. The Morgan fingerprint density at radius 1 is 1.21 bits per heavy atom. The number of pyridine rings is 1. The van der Waals surface area contributed by atoms with E-state index in [9.17, 15) is 4.79 Å². The zero-order chi connectivity index (χ0) is 20.3. The van der Waals surface area contributed by atoms with Crippen LogP contribution >= 0.6 is 11.6 Å². The second-order valence-electron chi connectivity index (χ2n) is 8.63. The molecule has 2 heterocycles. The predicted molar refractivity (Wildman–Crippen MR) is 116 cm³/mol. The fourth-order valence-electron chi connectivity index (χ4n) is 4.99. The summed E-state index contributed by atoms with van der Waals surface area (Å²) in [6.07, 6.45) is 6.63. The third kappa shape index (κ3) is 4.30. The molecule has 6 heteroatoms. The van der Waals surface area contributed by atoms with Gasteiger partial charge in [-0.2, -0.15) is 0 Å². The monoisotopic (exact) mass is 406 g/mol. The van der Waals surface area contributed by atoms with Crippen molar-refractivity contribution in [1.29, 1.82) is 0 Å². The second-order valence-corrected chi connectivity index (χ2v) is 8.99. The highest BCUT2D eigenvalue weighted by molar-refractivity contribution is 6.32. The lowest BCUT2D eigenvalue weighted by Crippen LogP contribution is -2.50. The zero-order valence-electron chi connectivity index (χ0n) is 17.8. The number of amides is 1. The summed E-state index contributed by atoms with van der Waals surface area (Å²) >= 11 is 6.38. The van der Waals surface area contributed by atoms with Crippen molar-refractivity contribution in [3.8, 4) is 0 Å². The summed E-state index contributed by atoms with van der Waals surface area (Å²) in [6, 6.07) is 4.41. The summed E-state index contributed by atoms with van der Waals surface area (Å²) < 4.78 is 0. The third-order valence-corrected chi connectivity index (χ3v) is 7.74. The number of rotatable bonds is 6. The number of aromatic nitrogens is 1. The molecule has 1 aromatic rings. The van der Waals surface area contributed by atoms with Crippen LogP contribution in [0.2, 0.25) is 5.15 Å². The summed E-state index contributed by atoms with van der Waals surface area (Å²) in [6.45, 7) is 11.2. The lowest BCUT2D eigenvalue weighted by Gasteiger charge is -2.40. The van der Waals surface area contributed by atoms with Gasteiger partial charge in [0.05, 0.1) is 5.69 Å². The Morgan fingerprint density at radius 2 is 1.89 bits per heavy atom. The first-order chi connectivity index (χ1) is 13.4. The van der Waals surface area contributed by atoms with Crippen LogP contribution < -0.4 is 10.2 Å². The minimum Gasteiger partial charge on any atom is -0.366 e. The first-order valence-electron chi connectivity index (χ1n) is 10.8. The Hall–Kier alpha value is -1.33. The van der Waals surface area contributed by atoms with Gasteiger partial charge in [-0.15, -0.1) is 0 Å². The average molecular weight is 407 g/mol. The zero-order valence-corrected chi connectivity index (χ0v) is 18.6. The van der Waals surface area contributed by atoms with E-state index < -0.39 is 0 Å². The molecule has 1 saturated carbocycles. The molecule has 2 unspecified atom stereocenters. The molecule has 1 amide bonds. The minimum atomic E-state index is -0.208. The average Bonchev–Trinajstić information content (AvgIpc) is 3.23. The number of carbonyl (C=O) groups excluding carboxylic acids is 1. The van der Waals surface area contributed by atoms with Gasteiger partial charge in [-0.25, -0.2) is 4.98 Å². The van der Waals surface area contributed by atoms with Crippen LogP contribution in [0, 0.1) is 11.3 Å². The molecule has 2 fully saturated rings. The lowest BCUT2D eigenvalue weighted by molar-refractivity contribution is 0.0958. The second kappa shape index (κ2) is 9.00. The van der Waals surface area contributed by atoms with Crippen LogP contribution in [0.15, 0.2) is 12.1 Å². The number of nitrogens with one attached hydrogen (secondary N) is 1. The molecule has 1 saturated heterocycles. The highest BCUT2D eigenvalue weighted by atomic mass is 35.5. The molecule has 3 rings (SSSR count). The normalized spacial score (nSPS) is 23.8. The number of piperazine rings is 1. The maximum absolute atomic E-state index is 11.7. The Morgan fingerprint density at radius 3 is 2.46 bits per heavy atom. The van der Waals surface area contributed by atoms with Crippen LogP contribution in [0.3, 0.4) is 0 Å². The molecule has 1 aliphatic carbocycles. The van der Waals surface area contributed by atoms with Gasteiger partial charge in [-0.3, -0.25) is 9.69 Å². The SMILES string of the molecule is CCC(C)(CC)C1CCC(N2CCN(c3ccc(C(=O)NC)nc3Cl)CC2)C1. The highest BCUT2D eigenvalue weighted by Crippen LogP contribution is 2.45. The molecule has 0 spiro atoms. The number of nitrogens with zero attached hydrogens (tertiary/aromatic N) is 3. The molecule has 0 aromatic carbocycles. The Kier molecular flexibility index (Phi) is 6.87. The summed E-state index contributed by atoms with van der Waals surface area (Å²) in [5.41, 5.74) is 1.80. The van der Waals surface area contributed by atoms with Gasteiger partial charge < -0.3 is 10.2 Å². The number of carbonyl (C=O) groups is 1. The Balaban J connectivity index is 1.57. The van der Waals surface area contributed by atoms with Crippen LogP contribution in [-0.2, 0) is 0 Å². The summed E-state index contributed by atoms with van der Waals surface area (Å²) in [5.74, 6) is 0.654. The number of halogens is 1. The van der Waals surface area contributed by atoms with Gasteiger partial charge in [0, 0.05) is 39.3 Å². The van der Waals surface area contributed by atoms with Gasteiger partial charge in [0.15, 0.2) is 5.15 Å². The Bertz CT molecular complexity index is 683. The van der Waals surface area contributed by atoms with Gasteiger partial charge in [-0.1, -0.05) is 45.2 Å². The van der Waals surface area contributed by atoms with E-state index >= 15 is 0 Å². The van der Waals surface area contributed by atoms with Crippen molar-refractivity contribution in [1.82, 2.24) is 15.2 Å². The summed E-state index contributed by atoms with van der Waals surface area (Å²) in [5, 5.41) is 3.00. The maximum atomic E-state index is 11.7. The molecular weight excluding hydrogens is 372 g/mol. The molecule has 2 atom stereocenters. The van der Waals surface area contributed by atoms with Crippen molar-refractivity contribution in [3.05, 3.63) is 23.0 Å². The van der Waals surface area contributed by atoms with Crippen molar-refractivity contribution in [2.24, 2.45) is 11.3 Å². The number of hydrogen-bond acceptors (Lipinski definition) is 4. The molecule has 0 radical (unpaired) electrons. The van der Waals surface area contributed by atoms with Crippen molar-refractivity contribution in [2.75, 3.05) is 38.1 Å². The van der Waals surface area contributed by atoms with Gasteiger partial charge in [0.1, 0.15) is 5.69 Å². The molecule has 1 aromatic heterocycles. The van der Waals surface area contributed by atoms with E-state index in [-0.39, 0.29) is 5.91 Å². The van der Waals surface area contributed by atoms with Crippen molar-refractivity contribution >= 4 is 23.2 Å². The first-order valence-corrected chi connectivity index (χ1v) is 11.2. The van der Waals surface area contributed by atoms with E-state index in [1.165, 1.54) is 32.1 Å². The molecule has 1 N–H and O–H groups in total. The van der Waals surface area contributed by atoms with Crippen molar-refractivity contribution in [2.45, 2.75) is 58.9 Å². The topological polar surface area (TPSA) is 48.5 Å². The van der Waals surface area contributed by atoms with Gasteiger partial charge in [-0.05, 0) is 42.7 Å². The highest BCUT2D eigenvalue weighted by Gasteiger charge is 2.39. The predicted octanol–water partition coefficient (Wildman–Crippen LogP) is 4.21. The molecule has 2 aliphatic rings. The van der Waals surface area contributed by atoms with Gasteiger partial charge >= 0.3 is 0 Å². The molecule has 156 valence electrons.